The fourth-order valence-electron chi connectivity index (χ4n) is 4.65. The van der Waals surface area contributed by atoms with Crippen LogP contribution in [0.3, 0.4) is 0 Å². The van der Waals surface area contributed by atoms with Crippen LogP contribution in [0, 0.1) is 5.92 Å². The Hall–Kier alpha value is -3.21. The molecule has 4 aliphatic rings. The molecule has 0 saturated heterocycles. The molecule has 2 unspecified atom stereocenters. The molecule has 5 heteroatoms. The first-order valence-corrected chi connectivity index (χ1v) is 10.4. The number of rotatable bonds is 3. The average molecular weight is 402 g/mol. The van der Waals surface area contributed by atoms with Gasteiger partial charge in [-0.15, -0.1) is 0 Å². The first-order valence-electron chi connectivity index (χ1n) is 10.4. The van der Waals surface area contributed by atoms with Crippen LogP contribution in [-0.2, 0) is 0 Å². The van der Waals surface area contributed by atoms with Crippen molar-refractivity contribution in [1.82, 2.24) is 9.55 Å². The maximum absolute atomic E-state index is 11.6. The average Bonchev–Trinajstić information content (AvgIpc) is 3.13. The first-order chi connectivity index (χ1) is 14.5. The third kappa shape index (κ3) is 2.65. The fourth-order valence-corrected chi connectivity index (χ4v) is 4.65. The lowest BCUT2D eigenvalue weighted by molar-refractivity contribution is 0.356. The van der Waals surface area contributed by atoms with Crippen LogP contribution in [0.15, 0.2) is 36.4 Å². The van der Waals surface area contributed by atoms with Gasteiger partial charge in [0.1, 0.15) is 0 Å². The van der Waals surface area contributed by atoms with Crippen molar-refractivity contribution in [3.63, 3.8) is 0 Å². The molecule has 154 valence electrons. The van der Waals surface area contributed by atoms with Gasteiger partial charge in [0, 0.05) is 34.3 Å². The summed E-state index contributed by atoms with van der Waals surface area (Å²) in [5.74, 6) is 2.26. The van der Waals surface area contributed by atoms with Gasteiger partial charge in [0.05, 0.1) is 31.0 Å². The second kappa shape index (κ2) is 6.94. The minimum Gasteiger partial charge on any atom is -0.494 e. The number of aromatic hydroxyl groups is 1. The third-order valence-electron chi connectivity index (χ3n) is 6.24. The van der Waals surface area contributed by atoms with Crippen LogP contribution < -0.4 is 9.47 Å². The Morgan fingerprint density at radius 1 is 1.07 bits per heavy atom. The molecule has 0 radical (unpaired) electrons. The van der Waals surface area contributed by atoms with Crippen molar-refractivity contribution < 1.29 is 14.6 Å². The number of pyridine rings is 1. The number of aromatic nitrogens is 2. The molecule has 5 nitrogen and oxygen atoms in total. The van der Waals surface area contributed by atoms with E-state index in [0.29, 0.717) is 17.4 Å². The Labute approximate surface area is 176 Å². The van der Waals surface area contributed by atoms with Crippen molar-refractivity contribution in [3.8, 4) is 28.6 Å². The molecule has 5 rings (SSSR count). The summed E-state index contributed by atoms with van der Waals surface area (Å²) in [6.45, 7) is 4.40. The number of hydrogen-bond donors (Lipinski definition) is 1. The van der Waals surface area contributed by atoms with Crippen molar-refractivity contribution in [2.45, 2.75) is 32.6 Å². The minimum atomic E-state index is 0.228. The van der Waals surface area contributed by atoms with Crippen LogP contribution in [-0.4, -0.2) is 28.9 Å². The molecule has 0 bridgehead atoms. The molecule has 2 atom stereocenters. The largest absolute Gasteiger partial charge is 0.494 e. The lowest BCUT2D eigenvalue weighted by Crippen LogP contribution is -2.15. The van der Waals surface area contributed by atoms with Crippen LogP contribution in [0.5, 0.6) is 17.4 Å². The Bertz CT molecular complexity index is 1220. The van der Waals surface area contributed by atoms with Gasteiger partial charge >= 0.3 is 0 Å². The SMILES string of the molecule is COc1cc2nc3c4c(n(C5=CCC(C)C=C5)c(O)c-3c2cc1OC)C(C)CC=C4. The highest BCUT2D eigenvalue weighted by molar-refractivity contribution is 6.04. The van der Waals surface area contributed by atoms with Crippen molar-refractivity contribution in [1.29, 1.82) is 0 Å². The molecule has 0 aromatic heterocycles. The Morgan fingerprint density at radius 2 is 1.83 bits per heavy atom. The highest BCUT2D eigenvalue weighted by Crippen LogP contribution is 2.49. The summed E-state index contributed by atoms with van der Waals surface area (Å²) in [4.78, 5) is 4.91. The van der Waals surface area contributed by atoms with Crippen molar-refractivity contribution in [2.24, 2.45) is 5.92 Å². The lowest BCUT2D eigenvalue weighted by atomic mass is 9.88. The molecule has 0 fully saturated rings. The zero-order valence-electron chi connectivity index (χ0n) is 17.8. The highest BCUT2D eigenvalue weighted by Gasteiger charge is 2.31. The molecule has 0 spiro atoms. The van der Waals surface area contributed by atoms with Crippen LogP contribution in [0.4, 0.5) is 0 Å². The summed E-state index contributed by atoms with van der Waals surface area (Å²) in [5.41, 5.74) is 5.54. The maximum Gasteiger partial charge on any atom is 0.206 e. The summed E-state index contributed by atoms with van der Waals surface area (Å²) in [6.07, 6.45) is 12.8. The number of nitrogens with zero attached hydrogens (tertiary/aromatic N) is 2. The predicted octanol–water partition coefficient (Wildman–Crippen LogP) is 5.82. The predicted molar refractivity (Wildman–Crippen MR) is 120 cm³/mol. The fraction of sp³-hybridized carbons (Fsp3) is 0.320. The molecular formula is C25H26N2O3. The number of fused-ring (bicyclic) bond motifs is 5. The van der Waals surface area contributed by atoms with E-state index in [4.69, 9.17) is 14.5 Å². The van der Waals surface area contributed by atoms with E-state index in [9.17, 15) is 5.11 Å². The maximum atomic E-state index is 11.6. The summed E-state index contributed by atoms with van der Waals surface area (Å²) in [5, 5.41) is 12.4. The number of allylic oxidation sites excluding steroid dienone is 5. The van der Waals surface area contributed by atoms with Crippen molar-refractivity contribution in [3.05, 3.63) is 47.7 Å². The summed E-state index contributed by atoms with van der Waals surface area (Å²) in [6, 6.07) is 3.78. The van der Waals surface area contributed by atoms with E-state index in [1.807, 2.05) is 16.7 Å². The quantitative estimate of drug-likeness (QED) is 0.600. The monoisotopic (exact) mass is 402 g/mol. The molecule has 30 heavy (non-hydrogen) atoms. The standard InChI is InChI=1S/C25H26N2O3/c1-14-8-10-16(11-9-14)27-24-15(2)6-5-7-17(24)23-22(25(27)28)18-12-20(29-3)21(30-4)13-19(18)26-23/h5,7-8,10-15,28H,6,9H2,1-4H3. The smallest absolute Gasteiger partial charge is 0.206 e. The van der Waals surface area contributed by atoms with E-state index in [0.717, 1.165) is 52.0 Å². The van der Waals surface area contributed by atoms with E-state index in [2.05, 4.69) is 44.2 Å². The van der Waals surface area contributed by atoms with E-state index >= 15 is 0 Å². The molecule has 2 aliphatic heterocycles. The van der Waals surface area contributed by atoms with Crippen molar-refractivity contribution >= 4 is 22.7 Å². The molecule has 0 amide bonds. The first kappa shape index (κ1) is 18.8. The Morgan fingerprint density at radius 3 is 2.53 bits per heavy atom. The Kier molecular flexibility index (Phi) is 4.35. The second-order valence-electron chi connectivity index (χ2n) is 8.26. The topological polar surface area (TPSA) is 56.5 Å². The van der Waals surface area contributed by atoms with Crippen molar-refractivity contribution in [2.75, 3.05) is 14.2 Å². The molecule has 1 aromatic rings. The van der Waals surface area contributed by atoms with Crippen LogP contribution in [0.25, 0.3) is 33.9 Å². The normalized spacial score (nSPS) is 20.5. The Balaban J connectivity index is 1.90. The van der Waals surface area contributed by atoms with Gasteiger partial charge in [0.2, 0.25) is 5.88 Å². The van der Waals surface area contributed by atoms with Gasteiger partial charge in [-0.1, -0.05) is 38.2 Å². The summed E-state index contributed by atoms with van der Waals surface area (Å²) < 4.78 is 13.0. The van der Waals surface area contributed by atoms with Gasteiger partial charge in [-0.3, -0.25) is 4.57 Å². The third-order valence-corrected chi connectivity index (χ3v) is 6.24. The molecule has 1 aromatic carbocycles. The van der Waals surface area contributed by atoms with Gasteiger partial charge in [-0.2, -0.15) is 0 Å². The van der Waals surface area contributed by atoms with Crippen LogP contribution >= 0.6 is 0 Å². The molecule has 2 aliphatic carbocycles. The molecule has 0 saturated carbocycles. The summed E-state index contributed by atoms with van der Waals surface area (Å²) >= 11 is 0. The summed E-state index contributed by atoms with van der Waals surface area (Å²) in [7, 11) is 3.24. The van der Waals surface area contributed by atoms with Gasteiger partial charge in [0.25, 0.3) is 0 Å². The van der Waals surface area contributed by atoms with E-state index < -0.39 is 0 Å². The van der Waals surface area contributed by atoms with Crippen LogP contribution in [0.2, 0.25) is 0 Å². The zero-order valence-corrected chi connectivity index (χ0v) is 17.8. The number of hydrogen-bond acceptors (Lipinski definition) is 4. The highest BCUT2D eigenvalue weighted by atomic mass is 16.5. The van der Waals surface area contributed by atoms with Gasteiger partial charge in [-0.05, 0) is 30.9 Å². The van der Waals surface area contributed by atoms with Gasteiger partial charge in [0.15, 0.2) is 11.5 Å². The molecule has 2 heterocycles. The minimum absolute atomic E-state index is 0.228. The second-order valence-corrected chi connectivity index (χ2v) is 8.26. The van der Waals surface area contributed by atoms with Crippen LogP contribution in [0.1, 0.15) is 43.9 Å². The number of methoxy groups -OCH3 is 2. The van der Waals surface area contributed by atoms with Gasteiger partial charge in [-0.25, -0.2) is 4.98 Å². The zero-order chi connectivity index (χ0) is 21.0. The van der Waals surface area contributed by atoms with E-state index in [1.165, 1.54) is 0 Å². The van der Waals surface area contributed by atoms with E-state index in [-0.39, 0.29) is 11.8 Å². The molecular weight excluding hydrogens is 376 g/mol. The van der Waals surface area contributed by atoms with Gasteiger partial charge < -0.3 is 14.6 Å². The molecule has 1 N–H and O–H groups in total. The van der Waals surface area contributed by atoms with E-state index in [1.54, 1.807) is 14.2 Å². The number of benzene rings is 1. The lowest BCUT2D eigenvalue weighted by Gasteiger charge is -2.29. The number of ether oxygens (including phenoxy) is 2.